The smallest absolute Gasteiger partial charge is 0.438 e. The van der Waals surface area contributed by atoms with E-state index in [1.54, 1.807) is 0 Å². The Hall–Kier alpha value is -1.76. The van der Waals surface area contributed by atoms with Crippen molar-refractivity contribution in [2.24, 2.45) is 0 Å². The second kappa shape index (κ2) is 3.92. The van der Waals surface area contributed by atoms with Crippen LogP contribution in [-0.2, 0) is 23.7 Å². The van der Waals surface area contributed by atoms with Crippen molar-refractivity contribution >= 4 is 12.3 Å². The molecular weight excluding hydrogens is 232 g/mol. The average Bonchev–Trinajstić information content (AvgIpc) is 2.83. The molecule has 0 spiro atoms. The largest absolute Gasteiger partial charge is 0.510 e. The number of carbonyl (C=O) groups is 2. The van der Waals surface area contributed by atoms with Crippen LogP contribution in [-0.4, -0.2) is 38.1 Å². The third-order valence-electron chi connectivity index (χ3n) is 2.60. The first-order chi connectivity index (χ1) is 8.03. The summed E-state index contributed by atoms with van der Waals surface area (Å²) in [5, 5.41) is 0. The first kappa shape index (κ1) is 11.7. The van der Waals surface area contributed by atoms with Gasteiger partial charge in [0.25, 0.3) is 0 Å². The quantitative estimate of drug-likeness (QED) is 0.535. The van der Waals surface area contributed by atoms with Gasteiger partial charge >= 0.3 is 12.3 Å². The minimum Gasteiger partial charge on any atom is -0.438 e. The highest BCUT2D eigenvalue weighted by molar-refractivity contribution is 5.62. The lowest BCUT2D eigenvalue weighted by atomic mass is 10.0. The molecule has 0 N–H and O–H groups in total. The van der Waals surface area contributed by atoms with Crippen molar-refractivity contribution in [2.75, 3.05) is 14.2 Å². The van der Waals surface area contributed by atoms with Crippen LogP contribution in [0.4, 0.5) is 9.59 Å². The Morgan fingerprint density at radius 3 is 1.71 bits per heavy atom. The Morgan fingerprint density at radius 2 is 1.41 bits per heavy atom. The molecule has 0 aromatic carbocycles. The lowest BCUT2D eigenvalue weighted by Crippen LogP contribution is -2.34. The molecule has 7 heteroatoms. The molecule has 2 bridgehead atoms. The van der Waals surface area contributed by atoms with Crippen molar-refractivity contribution in [1.29, 1.82) is 0 Å². The molecule has 2 aliphatic heterocycles. The molecule has 0 aromatic heterocycles. The van der Waals surface area contributed by atoms with Gasteiger partial charge in [-0.3, -0.25) is 4.74 Å². The van der Waals surface area contributed by atoms with Crippen molar-refractivity contribution in [1.82, 2.24) is 0 Å². The third-order valence-corrected chi connectivity index (χ3v) is 2.60. The van der Waals surface area contributed by atoms with Gasteiger partial charge in [0.05, 0.1) is 14.2 Å². The predicted molar refractivity (Wildman–Crippen MR) is 51.9 cm³/mol. The van der Waals surface area contributed by atoms with Crippen molar-refractivity contribution in [3.8, 4) is 0 Å². The number of fused-ring (bicyclic) bond motifs is 2. The van der Waals surface area contributed by atoms with Crippen molar-refractivity contribution < 1.29 is 33.3 Å². The molecule has 94 valence electrons. The third kappa shape index (κ3) is 2.05. The second-order valence-electron chi connectivity index (χ2n) is 3.67. The number of hydrogen-bond donors (Lipinski definition) is 0. The average molecular weight is 244 g/mol. The lowest BCUT2D eigenvalue weighted by Gasteiger charge is -2.23. The number of ether oxygens (including phenoxy) is 5. The maximum absolute atomic E-state index is 11.0. The fraction of sp³-hybridized carbons (Fsp3) is 0.600. The molecule has 1 saturated heterocycles. The van der Waals surface area contributed by atoms with Gasteiger partial charge in [0.15, 0.2) is 0 Å². The maximum atomic E-state index is 11.0. The van der Waals surface area contributed by atoms with Crippen LogP contribution in [0, 0.1) is 0 Å². The molecular formula is C10H12O7. The summed E-state index contributed by atoms with van der Waals surface area (Å²) in [6, 6.07) is 0. The van der Waals surface area contributed by atoms with Crippen LogP contribution in [0.3, 0.4) is 0 Å². The molecule has 0 amide bonds. The summed E-state index contributed by atoms with van der Waals surface area (Å²) >= 11 is 0. The molecule has 7 nitrogen and oxygen atoms in total. The van der Waals surface area contributed by atoms with Gasteiger partial charge in [-0.1, -0.05) is 0 Å². The monoisotopic (exact) mass is 244 g/mol. The lowest BCUT2D eigenvalue weighted by molar-refractivity contribution is -0.237. The van der Waals surface area contributed by atoms with Crippen molar-refractivity contribution in [3.05, 3.63) is 12.2 Å². The van der Waals surface area contributed by atoms with Crippen LogP contribution in [0.15, 0.2) is 12.2 Å². The first-order valence-electron chi connectivity index (χ1n) is 4.98. The molecule has 2 rings (SSSR count). The van der Waals surface area contributed by atoms with Gasteiger partial charge in [-0.2, -0.15) is 0 Å². The Morgan fingerprint density at radius 1 is 1.00 bits per heavy atom. The first-order valence-corrected chi connectivity index (χ1v) is 4.98. The van der Waals surface area contributed by atoms with Gasteiger partial charge in [0, 0.05) is 12.8 Å². The Balaban J connectivity index is 2.04. The molecule has 2 atom stereocenters. The topological polar surface area (TPSA) is 80.3 Å². The number of methoxy groups -OCH3 is 2. The van der Waals surface area contributed by atoms with E-state index in [0.717, 1.165) is 0 Å². The van der Waals surface area contributed by atoms with Gasteiger partial charge in [-0.15, -0.1) is 0 Å². The van der Waals surface area contributed by atoms with Gasteiger partial charge in [0.1, 0.15) is 0 Å². The highest BCUT2D eigenvalue weighted by Gasteiger charge is 2.57. The van der Waals surface area contributed by atoms with E-state index in [0.29, 0.717) is 12.8 Å². The molecule has 2 aliphatic rings. The minimum absolute atomic E-state index is 0.385. The van der Waals surface area contributed by atoms with E-state index in [-0.39, 0.29) is 0 Å². The standard InChI is InChI=1S/C10H12O7/c1-13-7(11)15-9-3-5-10(17-9,6-4-9)16-8(12)14-2/h3,5H,4,6H2,1-2H3. The van der Waals surface area contributed by atoms with Gasteiger partial charge in [0.2, 0.25) is 11.6 Å². The molecule has 2 heterocycles. The van der Waals surface area contributed by atoms with E-state index in [1.807, 2.05) is 0 Å². The normalized spacial score (nSPS) is 33.3. The zero-order valence-corrected chi connectivity index (χ0v) is 9.43. The fourth-order valence-corrected chi connectivity index (χ4v) is 1.81. The van der Waals surface area contributed by atoms with E-state index in [2.05, 4.69) is 9.47 Å². The summed E-state index contributed by atoms with van der Waals surface area (Å²) in [7, 11) is 2.40. The van der Waals surface area contributed by atoms with Crippen LogP contribution in [0.5, 0.6) is 0 Å². The highest BCUT2D eigenvalue weighted by Crippen LogP contribution is 2.47. The van der Waals surface area contributed by atoms with Crippen LogP contribution >= 0.6 is 0 Å². The summed E-state index contributed by atoms with van der Waals surface area (Å²) in [6.07, 6.45) is 2.11. The summed E-state index contributed by atoms with van der Waals surface area (Å²) in [5.74, 6) is -2.41. The Bertz CT molecular complexity index is 343. The van der Waals surface area contributed by atoms with E-state index in [9.17, 15) is 9.59 Å². The maximum Gasteiger partial charge on any atom is 0.510 e. The van der Waals surface area contributed by atoms with Crippen molar-refractivity contribution in [3.63, 3.8) is 0 Å². The summed E-state index contributed by atoms with van der Waals surface area (Å²) < 4.78 is 24.2. The number of carbonyl (C=O) groups excluding carboxylic acids is 2. The molecule has 1 fully saturated rings. The predicted octanol–water partition coefficient (Wildman–Crippen LogP) is 1.33. The highest BCUT2D eigenvalue weighted by atomic mass is 16.9. The minimum atomic E-state index is -1.21. The fourth-order valence-electron chi connectivity index (χ4n) is 1.81. The molecule has 0 saturated carbocycles. The summed E-state index contributed by atoms with van der Waals surface area (Å²) in [5.41, 5.74) is 0. The van der Waals surface area contributed by atoms with E-state index in [4.69, 9.17) is 14.2 Å². The molecule has 0 radical (unpaired) electrons. The molecule has 17 heavy (non-hydrogen) atoms. The van der Waals surface area contributed by atoms with Gasteiger partial charge in [-0.25, -0.2) is 9.59 Å². The zero-order chi connectivity index (χ0) is 12.5. The summed E-state index contributed by atoms with van der Waals surface area (Å²) in [4.78, 5) is 22.1. The number of rotatable bonds is 2. The van der Waals surface area contributed by atoms with Crippen LogP contribution in [0.2, 0.25) is 0 Å². The van der Waals surface area contributed by atoms with Gasteiger partial charge < -0.3 is 18.9 Å². The van der Waals surface area contributed by atoms with E-state index in [1.165, 1.54) is 26.4 Å². The van der Waals surface area contributed by atoms with Crippen LogP contribution in [0.25, 0.3) is 0 Å². The number of hydrogen-bond acceptors (Lipinski definition) is 7. The van der Waals surface area contributed by atoms with E-state index >= 15 is 0 Å². The van der Waals surface area contributed by atoms with Crippen LogP contribution < -0.4 is 0 Å². The molecule has 0 aliphatic carbocycles. The molecule has 2 unspecified atom stereocenters. The Labute approximate surface area is 97.2 Å². The Kier molecular flexibility index (Phi) is 2.70. The van der Waals surface area contributed by atoms with Gasteiger partial charge in [-0.05, 0) is 12.2 Å². The molecule has 0 aromatic rings. The second-order valence-corrected chi connectivity index (χ2v) is 3.67. The van der Waals surface area contributed by atoms with E-state index < -0.39 is 23.9 Å². The van der Waals surface area contributed by atoms with Crippen molar-refractivity contribution in [2.45, 2.75) is 24.4 Å². The summed E-state index contributed by atoms with van der Waals surface area (Å²) in [6.45, 7) is 0. The zero-order valence-electron chi connectivity index (χ0n) is 9.43. The van der Waals surface area contributed by atoms with Crippen LogP contribution in [0.1, 0.15) is 12.8 Å². The SMILES string of the molecule is COC(=O)OC12C=CC(OC(=O)OC)(CC1)O2.